The average molecular weight is 394 g/mol. The molecule has 0 aliphatic carbocycles. The van der Waals surface area contributed by atoms with Gasteiger partial charge in [0.15, 0.2) is 5.25 Å². The van der Waals surface area contributed by atoms with Gasteiger partial charge in [-0.2, -0.15) is 0 Å². The van der Waals surface area contributed by atoms with Crippen LogP contribution in [0.3, 0.4) is 0 Å². The lowest BCUT2D eigenvalue weighted by molar-refractivity contribution is -0.100. The number of hydrogen-bond acceptors (Lipinski definition) is 11. The van der Waals surface area contributed by atoms with Gasteiger partial charge >= 0.3 is 0 Å². The van der Waals surface area contributed by atoms with Gasteiger partial charge in [-0.25, -0.2) is 8.42 Å². The topological polar surface area (TPSA) is 208 Å². The standard InChI is InChI=1S/C11H22O11S2/c12-1-5(14)10(18)11(22-24(19,20)21)7(16)4-23-3-6(15)9(17)8(23)2-13/h5-18H,1-4H2/t5-,6+,7+,8+,9-,10-,11-,23?/m1/s1. The van der Waals surface area contributed by atoms with E-state index in [0.717, 1.165) is 0 Å². The highest BCUT2D eigenvalue weighted by atomic mass is 32.3. The van der Waals surface area contributed by atoms with Crippen LogP contribution in [0.15, 0.2) is 0 Å². The first-order valence-electron chi connectivity index (χ1n) is 6.94. The van der Waals surface area contributed by atoms with Crippen LogP contribution in [-0.4, -0.2) is 115 Å². The van der Waals surface area contributed by atoms with Crippen LogP contribution in [0.25, 0.3) is 0 Å². The van der Waals surface area contributed by atoms with E-state index in [1.807, 2.05) is 0 Å². The molecular weight excluding hydrogens is 372 g/mol. The predicted molar refractivity (Wildman–Crippen MR) is 79.7 cm³/mol. The molecule has 0 bridgehead atoms. The molecule has 0 aromatic carbocycles. The van der Waals surface area contributed by atoms with E-state index in [4.69, 9.17) is 5.11 Å². The monoisotopic (exact) mass is 394 g/mol. The van der Waals surface area contributed by atoms with Crippen LogP contribution in [-0.2, 0) is 25.5 Å². The van der Waals surface area contributed by atoms with Crippen molar-refractivity contribution in [1.29, 1.82) is 0 Å². The molecule has 11 nitrogen and oxygen atoms in total. The van der Waals surface area contributed by atoms with Crippen LogP contribution < -0.4 is 0 Å². The van der Waals surface area contributed by atoms with E-state index in [9.17, 15) is 43.6 Å². The van der Waals surface area contributed by atoms with Crippen molar-refractivity contribution in [3.8, 4) is 0 Å². The summed E-state index contributed by atoms with van der Waals surface area (Å²) in [5.41, 5.74) is 0. The highest BCUT2D eigenvalue weighted by Crippen LogP contribution is 2.26. The molecule has 0 radical (unpaired) electrons. The third-order valence-electron chi connectivity index (χ3n) is 3.68. The summed E-state index contributed by atoms with van der Waals surface area (Å²) < 4.78 is 36.4. The van der Waals surface area contributed by atoms with Crippen LogP contribution in [0.5, 0.6) is 0 Å². The van der Waals surface area contributed by atoms with Crippen LogP contribution in [0.1, 0.15) is 0 Å². The Labute approximate surface area is 141 Å². The molecule has 0 aromatic heterocycles. The summed E-state index contributed by atoms with van der Waals surface area (Å²) in [5, 5.41) is 65.9. The van der Waals surface area contributed by atoms with Crippen molar-refractivity contribution in [2.24, 2.45) is 0 Å². The maximum absolute atomic E-state index is 10.8. The maximum Gasteiger partial charge on any atom is 0.218 e. The largest absolute Gasteiger partial charge is 0.726 e. The minimum Gasteiger partial charge on any atom is -0.726 e. The number of aliphatic hydroxyl groups is 7. The number of hydrogen-bond donors (Lipinski definition) is 7. The van der Waals surface area contributed by atoms with Crippen molar-refractivity contribution >= 4 is 21.3 Å². The molecule has 0 aromatic rings. The summed E-state index contributed by atoms with van der Waals surface area (Å²) in [4.78, 5) is 0. The zero-order valence-corrected chi connectivity index (χ0v) is 14.1. The molecular formula is C11H22O11S2. The zero-order valence-electron chi connectivity index (χ0n) is 12.4. The van der Waals surface area contributed by atoms with Gasteiger partial charge in [-0.15, -0.1) is 0 Å². The van der Waals surface area contributed by atoms with Gasteiger partial charge < -0.3 is 40.3 Å². The second-order valence-electron chi connectivity index (χ2n) is 5.43. The molecule has 1 fully saturated rings. The first-order valence-corrected chi connectivity index (χ1v) is 9.90. The Balaban J connectivity index is 2.89. The molecule has 1 unspecified atom stereocenters. The molecule has 7 N–H and O–H groups in total. The molecule has 13 heteroatoms. The van der Waals surface area contributed by atoms with E-state index < -0.39 is 76.4 Å². The molecule has 0 amide bonds. The summed E-state index contributed by atoms with van der Waals surface area (Å²) >= 11 is 0. The minimum absolute atomic E-state index is 0.0128. The molecule has 0 spiro atoms. The Kier molecular flexibility index (Phi) is 8.28. The van der Waals surface area contributed by atoms with Gasteiger partial charge in [-0.1, -0.05) is 0 Å². The Bertz CT molecular complexity index is 486. The second kappa shape index (κ2) is 9.05. The van der Waals surface area contributed by atoms with Gasteiger partial charge in [-0.3, -0.25) is 4.18 Å². The number of aliphatic hydroxyl groups excluding tert-OH is 7. The van der Waals surface area contributed by atoms with Crippen molar-refractivity contribution < 1.29 is 52.9 Å². The molecule has 0 saturated carbocycles. The van der Waals surface area contributed by atoms with Gasteiger partial charge in [0.05, 0.1) is 13.2 Å². The summed E-state index contributed by atoms with van der Waals surface area (Å²) in [6.07, 6.45) is -10.2. The molecule has 1 aliphatic heterocycles. The van der Waals surface area contributed by atoms with Crippen molar-refractivity contribution in [2.45, 2.75) is 41.9 Å². The smallest absolute Gasteiger partial charge is 0.218 e. The number of rotatable bonds is 9. The lowest BCUT2D eigenvalue weighted by Gasteiger charge is -2.30. The highest BCUT2D eigenvalue weighted by Gasteiger charge is 2.51. The second-order valence-corrected chi connectivity index (χ2v) is 8.78. The molecule has 1 aliphatic rings. The Morgan fingerprint density at radius 1 is 1.17 bits per heavy atom. The van der Waals surface area contributed by atoms with Crippen molar-refractivity contribution in [3.05, 3.63) is 0 Å². The molecule has 24 heavy (non-hydrogen) atoms. The molecule has 8 atom stereocenters. The third-order valence-corrected chi connectivity index (χ3v) is 6.96. The van der Waals surface area contributed by atoms with Crippen molar-refractivity contribution in [2.75, 3.05) is 24.7 Å². The van der Waals surface area contributed by atoms with E-state index in [1.54, 1.807) is 0 Å². The van der Waals surface area contributed by atoms with E-state index in [0.29, 0.717) is 0 Å². The summed E-state index contributed by atoms with van der Waals surface area (Å²) in [6.45, 7) is -1.48. The maximum atomic E-state index is 10.8. The van der Waals surface area contributed by atoms with Gasteiger partial charge in [0.2, 0.25) is 10.4 Å². The fourth-order valence-corrected chi connectivity index (χ4v) is 5.61. The molecule has 1 saturated heterocycles. The third kappa shape index (κ3) is 5.74. The van der Waals surface area contributed by atoms with Crippen LogP contribution in [0.4, 0.5) is 0 Å². The zero-order chi connectivity index (χ0) is 18.7. The quantitative estimate of drug-likeness (QED) is 0.111. The van der Waals surface area contributed by atoms with Crippen LogP contribution >= 0.6 is 0 Å². The first-order chi connectivity index (χ1) is 11.0. The first kappa shape index (κ1) is 22.0. The van der Waals surface area contributed by atoms with Gasteiger partial charge in [0, 0.05) is 10.9 Å². The van der Waals surface area contributed by atoms with Crippen molar-refractivity contribution in [3.63, 3.8) is 0 Å². The lowest BCUT2D eigenvalue weighted by atomic mass is 10.0. The fraction of sp³-hybridized carbons (Fsp3) is 1.00. The van der Waals surface area contributed by atoms with Gasteiger partial charge in [-0.05, 0) is 0 Å². The Hall–Kier alpha value is -0.0600. The average Bonchev–Trinajstić information content (AvgIpc) is 2.76. The summed E-state index contributed by atoms with van der Waals surface area (Å²) in [7, 11) is -6.31. The minimum atomic E-state index is -5.34. The molecule has 1 heterocycles. The van der Waals surface area contributed by atoms with Gasteiger partial charge in [0.1, 0.15) is 48.1 Å². The normalized spacial score (nSPS) is 33.2. The summed E-state index contributed by atoms with van der Waals surface area (Å²) in [6, 6.07) is 0. The van der Waals surface area contributed by atoms with E-state index in [1.165, 1.54) is 0 Å². The molecule has 1 rings (SSSR count). The van der Waals surface area contributed by atoms with Crippen LogP contribution in [0, 0.1) is 0 Å². The molecule has 144 valence electrons. The van der Waals surface area contributed by atoms with Crippen molar-refractivity contribution in [1.82, 2.24) is 0 Å². The Morgan fingerprint density at radius 3 is 2.21 bits per heavy atom. The summed E-state index contributed by atoms with van der Waals surface area (Å²) in [5.74, 6) is -0.298. The Morgan fingerprint density at radius 2 is 1.75 bits per heavy atom. The predicted octanol–water partition coefficient (Wildman–Crippen LogP) is -5.38. The highest BCUT2D eigenvalue weighted by molar-refractivity contribution is 7.97. The SMILES string of the molecule is O=S(=O)([O-])O[C@@H]([C@H](O)[C@H](O)CO)[C@@H](O)C[S+]1C[C@H](O)[C@@H](O)[C@@H]1CO. The van der Waals surface area contributed by atoms with E-state index in [-0.39, 0.29) is 11.5 Å². The fourth-order valence-electron chi connectivity index (χ4n) is 2.42. The van der Waals surface area contributed by atoms with E-state index in [2.05, 4.69) is 4.18 Å². The van der Waals surface area contributed by atoms with E-state index >= 15 is 0 Å². The van der Waals surface area contributed by atoms with Gasteiger partial charge in [0.25, 0.3) is 0 Å². The van der Waals surface area contributed by atoms with Crippen LogP contribution in [0.2, 0.25) is 0 Å². The lowest BCUT2D eigenvalue weighted by Crippen LogP contribution is -2.51.